The van der Waals surface area contributed by atoms with E-state index in [-0.39, 0.29) is 0 Å². The van der Waals surface area contributed by atoms with Crippen LogP contribution < -0.4 is 0 Å². The fourth-order valence-corrected chi connectivity index (χ4v) is 0.741. The number of hydrogen-bond acceptors (Lipinski definition) is 1. The number of allylic oxidation sites excluding steroid dienone is 8. The Kier molecular flexibility index (Phi) is 7.40. The van der Waals surface area contributed by atoms with Crippen molar-refractivity contribution in [2.24, 2.45) is 0 Å². The molecule has 0 aromatic heterocycles. The molecule has 1 aliphatic carbocycles. The van der Waals surface area contributed by atoms with Crippen LogP contribution in [0.3, 0.4) is 0 Å². The summed E-state index contributed by atoms with van der Waals surface area (Å²) in [7, 11) is 0. The maximum atomic E-state index is 8.57. The largest absolute Gasteiger partial charge is 0.192 e. The van der Waals surface area contributed by atoms with Gasteiger partial charge in [0, 0.05) is 5.57 Å². The fourth-order valence-electron chi connectivity index (χ4n) is 0.741. The van der Waals surface area contributed by atoms with Crippen LogP contribution in [-0.2, 0) is 0 Å². The smallest absolute Gasteiger partial charge is 0.0992 e. The first-order valence-corrected chi connectivity index (χ1v) is 4.73. The molecule has 0 saturated heterocycles. The SMILES string of the molecule is C/C=C\C.C=CC1=C=CC=CC(C#N)=C1. The molecule has 0 fully saturated rings. The molecule has 0 atom stereocenters. The van der Waals surface area contributed by atoms with E-state index >= 15 is 0 Å². The highest BCUT2D eigenvalue weighted by molar-refractivity contribution is 5.45. The zero-order chi connectivity index (χ0) is 11.5. The molecule has 1 aliphatic rings. The highest BCUT2D eigenvalue weighted by Crippen LogP contribution is 2.06. The molecule has 0 amide bonds. The predicted molar refractivity (Wildman–Crippen MR) is 65.1 cm³/mol. The molecule has 15 heavy (non-hydrogen) atoms. The molecule has 0 spiro atoms. The van der Waals surface area contributed by atoms with Gasteiger partial charge in [0.1, 0.15) is 0 Å². The van der Waals surface area contributed by atoms with Gasteiger partial charge in [0.05, 0.1) is 11.6 Å². The van der Waals surface area contributed by atoms with Crippen molar-refractivity contribution in [2.75, 3.05) is 0 Å². The van der Waals surface area contributed by atoms with Crippen LogP contribution in [0.15, 0.2) is 66.0 Å². The molecule has 76 valence electrons. The second-order valence-electron chi connectivity index (χ2n) is 2.71. The van der Waals surface area contributed by atoms with Crippen molar-refractivity contribution in [1.82, 2.24) is 0 Å². The van der Waals surface area contributed by atoms with Crippen molar-refractivity contribution < 1.29 is 0 Å². The highest BCUT2D eigenvalue weighted by atomic mass is 14.2. The Morgan fingerprint density at radius 3 is 2.53 bits per heavy atom. The third-order valence-electron chi connectivity index (χ3n) is 1.62. The van der Waals surface area contributed by atoms with E-state index in [1.165, 1.54) is 0 Å². The molecule has 0 aromatic rings. The lowest BCUT2D eigenvalue weighted by Gasteiger charge is -1.85. The van der Waals surface area contributed by atoms with Crippen molar-refractivity contribution in [3.05, 3.63) is 66.0 Å². The number of nitriles is 1. The van der Waals surface area contributed by atoms with Gasteiger partial charge < -0.3 is 0 Å². The van der Waals surface area contributed by atoms with Crippen molar-refractivity contribution >= 4 is 0 Å². The third-order valence-corrected chi connectivity index (χ3v) is 1.62. The van der Waals surface area contributed by atoms with Gasteiger partial charge in [0.2, 0.25) is 0 Å². The van der Waals surface area contributed by atoms with Gasteiger partial charge in [0.25, 0.3) is 0 Å². The summed E-state index contributed by atoms with van der Waals surface area (Å²) >= 11 is 0. The third kappa shape index (κ3) is 6.10. The lowest BCUT2D eigenvalue weighted by atomic mass is 10.2. The van der Waals surface area contributed by atoms with Crippen LogP contribution in [-0.4, -0.2) is 0 Å². The molecule has 0 aliphatic heterocycles. The summed E-state index contributed by atoms with van der Waals surface area (Å²) in [5.74, 6) is 0. The van der Waals surface area contributed by atoms with Crippen LogP contribution in [0.5, 0.6) is 0 Å². The summed E-state index contributed by atoms with van der Waals surface area (Å²) in [4.78, 5) is 0. The van der Waals surface area contributed by atoms with Crippen LogP contribution in [0.2, 0.25) is 0 Å². The Morgan fingerprint density at radius 2 is 2.07 bits per heavy atom. The Bertz CT molecular complexity index is 388. The van der Waals surface area contributed by atoms with Gasteiger partial charge >= 0.3 is 0 Å². The van der Waals surface area contributed by atoms with Gasteiger partial charge in [-0.05, 0) is 32.1 Å². The molecular formula is C14H15N. The first-order chi connectivity index (χ1) is 7.28. The number of nitrogens with zero attached hydrogens (tertiary/aromatic N) is 1. The fraction of sp³-hybridized carbons (Fsp3) is 0.143. The molecule has 0 aromatic carbocycles. The zero-order valence-electron chi connectivity index (χ0n) is 9.20. The topological polar surface area (TPSA) is 23.8 Å². The van der Waals surface area contributed by atoms with Crippen molar-refractivity contribution in [2.45, 2.75) is 13.8 Å². The van der Waals surface area contributed by atoms with Gasteiger partial charge in [-0.1, -0.05) is 30.9 Å². The number of rotatable bonds is 1. The van der Waals surface area contributed by atoms with E-state index in [0.29, 0.717) is 5.57 Å². The minimum Gasteiger partial charge on any atom is -0.192 e. The quantitative estimate of drug-likeness (QED) is 0.462. The Morgan fingerprint density at radius 1 is 1.40 bits per heavy atom. The van der Waals surface area contributed by atoms with Gasteiger partial charge in [-0.15, -0.1) is 5.73 Å². The molecule has 0 unspecified atom stereocenters. The van der Waals surface area contributed by atoms with Crippen LogP contribution in [0.25, 0.3) is 0 Å². The molecule has 0 N–H and O–H groups in total. The Hall–Kier alpha value is -2.03. The van der Waals surface area contributed by atoms with Crippen LogP contribution >= 0.6 is 0 Å². The summed E-state index contributed by atoms with van der Waals surface area (Å²) in [5, 5.41) is 8.57. The minimum atomic E-state index is 0.626. The summed E-state index contributed by atoms with van der Waals surface area (Å²) in [5.41, 5.74) is 4.42. The van der Waals surface area contributed by atoms with Crippen molar-refractivity contribution in [3.63, 3.8) is 0 Å². The average Bonchev–Trinajstić information content (AvgIpc) is 2.54. The van der Waals surface area contributed by atoms with Gasteiger partial charge in [-0.2, -0.15) is 5.26 Å². The van der Waals surface area contributed by atoms with E-state index in [0.717, 1.165) is 5.57 Å². The summed E-state index contributed by atoms with van der Waals surface area (Å²) in [6.07, 6.45) is 12.7. The van der Waals surface area contributed by atoms with E-state index in [1.54, 1.807) is 30.4 Å². The molecule has 1 nitrogen and oxygen atoms in total. The summed E-state index contributed by atoms with van der Waals surface area (Å²) < 4.78 is 0. The molecule has 0 saturated carbocycles. The van der Waals surface area contributed by atoms with E-state index in [9.17, 15) is 0 Å². The Labute approximate surface area is 91.7 Å². The maximum Gasteiger partial charge on any atom is 0.0992 e. The van der Waals surface area contributed by atoms with E-state index in [4.69, 9.17) is 5.26 Å². The number of hydrogen-bond donors (Lipinski definition) is 0. The normalized spacial score (nSPS) is 13.1. The predicted octanol–water partition coefficient (Wildman–Crippen LogP) is 3.86. The minimum absolute atomic E-state index is 0.626. The highest BCUT2D eigenvalue weighted by Gasteiger charge is 1.91. The molecule has 0 bridgehead atoms. The molecule has 0 heterocycles. The first kappa shape index (κ1) is 13.0. The van der Waals surface area contributed by atoms with E-state index < -0.39 is 0 Å². The summed E-state index contributed by atoms with van der Waals surface area (Å²) in [6, 6.07) is 2.05. The van der Waals surface area contributed by atoms with Gasteiger partial charge in [-0.3, -0.25) is 0 Å². The standard InChI is InChI=1S/C10H7N.C4H8/c1-2-9-5-3-4-6-10(7-9)8-11;1-3-4-2/h2-4,6-7H,1H2;3-4H,1-2H3/b;4-3-. The van der Waals surface area contributed by atoms with E-state index in [1.807, 2.05) is 26.0 Å². The Balaban J connectivity index is 0.000000423. The second-order valence-corrected chi connectivity index (χ2v) is 2.71. The van der Waals surface area contributed by atoms with Gasteiger partial charge in [0.15, 0.2) is 0 Å². The lowest BCUT2D eigenvalue weighted by molar-refractivity contribution is 1.49. The average molecular weight is 197 g/mol. The van der Waals surface area contributed by atoms with E-state index in [2.05, 4.69) is 18.4 Å². The van der Waals surface area contributed by atoms with Crippen LogP contribution in [0, 0.1) is 11.3 Å². The first-order valence-electron chi connectivity index (χ1n) is 4.73. The molecule has 1 rings (SSSR count). The van der Waals surface area contributed by atoms with Gasteiger partial charge in [-0.25, -0.2) is 0 Å². The second kappa shape index (κ2) is 8.56. The molecule has 0 radical (unpaired) electrons. The van der Waals surface area contributed by atoms with Crippen LogP contribution in [0.4, 0.5) is 0 Å². The zero-order valence-corrected chi connectivity index (χ0v) is 9.20. The maximum absolute atomic E-state index is 8.57. The monoisotopic (exact) mass is 197 g/mol. The lowest BCUT2D eigenvalue weighted by Crippen LogP contribution is -1.71. The molecular weight excluding hydrogens is 182 g/mol. The van der Waals surface area contributed by atoms with Crippen molar-refractivity contribution in [1.29, 1.82) is 5.26 Å². The van der Waals surface area contributed by atoms with Crippen LogP contribution in [0.1, 0.15) is 13.8 Å². The summed E-state index contributed by atoms with van der Waals surface area (Å²) in [6.45, 7) is 7.59. The van der Waals surface area contributed by atoms with Crippen molar-refractivity contribution in [3.8, 4) is 6.07 Å². The molecule has 1 heteroatoms.